The molecule has 6 nitrogen and oxygen atoms in total. The quantitative estimate of drug-likeness (QED) is 0.921. The number of aromatic nitrogens is 1. The zero-order chi connectivity index (χ0) is 14.1. The van der Waals surface area contributed by atoms with E-state index in [0.29, 0.717) is 13.2 Å². The topological polar surface area (TPSA) is 81.8 Å². The molecule has 0 spiro atoms. The highest BCUT2D eigenvalue weighted by molar-refractivity contribution is 5.86. The van der Waals surface area contributed by atoms with Crippen LogP contribution in [0.1, 0.15) is 27.4 Å². The lowest BCUT2D eigenvalue weighted by Crippen LogP contribution is -2.00. The molecule has 0 aliphatic carbocycles. The molecule has 0 saturated carbocycles. The lowest BCUT2D eigenvalue weighted by Gasteiger charge is -1.99. The third-order valence-electron chi connectivity index (χ3n) is 3.14. The number of hydrogen-bond acceptors (Lipinski definition) is 5. The maximum Gasteiger partial charge on any atom is 0.373 e. The van der Waals surface area contributed by atoms with Crippen molar-refractivity contribution in [3.8, 4) is 11.5 Å². The predicted molar refractivity (Wildman–Crippen MR) is 68.1 cm³/mol. The van der Waals surface area contributed by atoms with Crippen LogP contribution in [-0.2, 0) is 29.3 Å². The van der Waals surface area contributed by atoms with Crippen LogP contribution in [0.2, 0.25) is 0 Å². The average molecular weight is 275 g/mol. The number of carboxylic acids is 1. The zero-order valence-electron chi connectivity index (χ0n) is 10.9. The van der Waals surface area contributed by atoms with E-state index >= 15 is 0 Å². The molecule has 2 heterocycles. The van der Waals surface area contributed by atoms with E-state index in [-0.39, 0.29) is 24.0 Å². The van der Waals surface area contributed by atoms with Crippen molar-refractivity contribution in [2.24, 2.45) is 0 Å². The summed E-state index contributed by atoms with van der Waals surface area (Å²) in [6.45, 7) is 1.26. The predicted octanol–water partition coefficient (Wildman–Crippen LogP) is 2.22. The number of methoxy groups -OCH3 is 1. The molecule has 0 fully saturated rings. The van der Waals surface area contributed by atoms with Gasteiger partial charge in [0.2, 0.25) is 11.7 Å². The fraction of sp³-hybridized carbons (Fsp3) is 0.286. The minimum Gasteiger partial charge on any atom is -0.475 e. The summed E-state index contributed by atoms with van der Waals surface area (Å²) in [6.07, 6.45) is 0. The number of hydrogen-bond donors (Lipinski definition) is 1. The van der Waals surface area contributed by atoms with Crippen LogP contribution in [0.5, 0.6) is 0 Å². The second-order valence-electron chi connectivity index (χ2n) is 4.51. The Labute approximate surface area is 115 Å². The van der Waals surface area contributed by atoms with Crippen molar-refractivity contribution in [1.82, 2.24) is 4.98 Å². The number of carbonyl (C=O) groups is 1. The molecule has 1 N–H and O–H groups in total. The average Bonchev–Trinajstić information content (AvgIpc) is 3.04. The standard InChI is InChI=1S/C14H13NO5/c1-18-7-11-12(14(16)17)20-13(15-11)8-2-3-9-5-19-6-10(9)4-8/h2-4H,5-7H2,1H3,(H,16,17). The van der Waals surface area contributed by atoms with E-state index < -0.39 is 5.97 Å². The summed E-state index contributed by atoms with van der Waals surface area (Å²) in [6, 6.07) is 5.70. The number of oxazole rings is 1. The van der Waals surface area contributed by atoms with Gasteiger partial charge in [-0.15, -0.1) is 0 Å². The highest BCUT2D eigenvalue weighted by atomic mass is 16.5. The molecule has 0 radical (unpaired) electrons. The normalized spacial score (nSPS) is 13.4. The number of nitrogens with zero attached hydrogens (tertiary/aromatic N) is 1. The molecule has 2 aromatic rings. The van der Waals surface area contributed by atoms with E-state index in [1.807, 2.05) is 18.2 Å². The van der Waals surface area contributed by atoms with E-state index in [1.165, 1.54) is 7.11 Å². The maximum atomic E-state index is 11.1. The molecule has 104 valence electrons. The number of aromatic carboxylic acids is 1. The lowest BCUT2D eigenvalue weighted by molar-refractivity contribution is 0.0656. The lowest BCUT2D eigenvalue weighted by atomic mass is 10.1. The van der Waals surface area contributed by atoms with Crippen LogP contribution < -0.4 is 0 Å². The smallest absolute Gasteiger partial charge is 0.373 e. The fourth-order valence-electron chi connectivity index (χ4n) is 2.18. The number of benzene rings is 1. The summed E-state index contributed by atoms with van der Waals surface area (Å²) in [7, 11) is 1.48. The van der Waals surface area contributed by atoms with Gasteiger partial charge in [0.05, 0.1) is 19.8 Å². The van der Waals surface area contributed by atoms with Crippen molar-refractivity contribution < 1.29 is 23.8 Å². The van der Waals surface area contributed by atoms with Gasteiger partial charge in [0.1, 0.15) is 5.69 Å². The van der Waals surface area contributed by atoms with Gasteiger partial charge in [0.25, 0.3) is 0 Å². The van der Waals surface area contributed by atoms with Gasteiger partial charge < -0.3 is 19.0 Å². The monoisotopic (exact) mass is 275 g/mol. The third-order valence-corrected chi connectivity index (χ3v) is 3.14. The molecule has 3 rings (SSSR count). The Morgan fingerprint density at radius 2 is 2.20 bits per heavy atom. The minimum absolute atomic E-state index is 0.0964. The number of carboxylic acid groups (broad SMARTS) is 1. The van der Waals surface area contributed by atoms with E-state index in [1.54, 1.807) is 0 Å². The molecule has 0 atom stereocenters. The minimum atomic E-state index is -1.15. The van der Waals surface area contributed by atoms with Crippen molar-refractivity contribution >= 4 is 5.97 Å². The Balaban J connectivity index is 2.01. The van der Waals surface area contributed by atoms with Crippen LogP contribution in [-0.4, -0.2) is 23.2 Å². The highest BCUT2D eigenvalue weighted by Crippen LogP contribution is 2.28. The van der Waals surface area contributed by atoms with Crippen LogP contribution >= 0.6 is 0 Å². The van der Waals surface area contributed by atoms with Crippen molar-refractivity contribution in [3.05, 3.63) is 40.8 Å². The van der Waals surface area contributed by atoms with Crippen molar-refractivity contribution in [2.45, 2.75) is 19.8 Å². The molecule has 0 unspecified atom stereocenters. The first kappa shape index (κ1) is 12.8. The molecule has 1 aromatic heterocycles. The molecule has 0 amide bonds. The van der Waals surface area contributed by atoms with E-state index in [9.17, 15) is 4.79 Å². The summed E-state index contributed by atoms with van der Waals surface area (Å²) >= 11 is 0. The molecule has 6 heteroatoms. The summed E-state index contributed by atoms with van der Waals surface area (Å²) in [5.41, 5.74) is 3.23. The van der Waals surface area contributed by atoms with Gasteiger partial charge >= 0.3 is 5.97 Å². The number of rotatable bonds is 4. The molecule has 0 bridgehead atoms. The SMILES string of the molecule is COCc1nc(-c2ccc3c(c2)COC3)oc1C(=O)O. The Kier molecular flexibility index (Phi) is 3.25. The van der Waals surface area contributed by atoms with E-state index in [0.717, 1.165) is 16.7 Å². The Hall–Kier alpha value is -2.18. The molecule has 0 saturated heterocycles. The number of ether oxygens (including phenoxy) is 2. The first-order valence-corrected chi connectivity index (χ1v) is 6.11. The maximum absolute atomic E-state index is 11.1. The van der Waals surface area contributed by atoms with Gasteiger partial charge in [-0.2, -0.15) is 0 Å². The van der Waals surface area contributed by atoms with E-state index in [4.69, 9.17) is 19.0 Å². The van der Waals surface area contributed by atoms with Gasteiger partial charge in [0.15, 0.2) is 0 Å². The molecule has 20 heavy (non-hydrogen) atoms. The third kappa shape index (κ3) is 2.19. The molecular formula is C14H13NO5. The van der Waals surface area contributed by atoms with Crippen molar-refractivity contribution in [1.29, 1.82) is 0 Å². The van der Waals surface area contributed by atoms with Gasteiger partial charge in [0, 0.05) is 12.7 Å². The summed E-state index contributed by atoms with van der Waals surface area (Å²) in [4.78, 5) is 15.3. The Bertz CT molecular complexity index is 662. The second kappa shape index (κ2) is 5.07. The van der Waals surface area contributed by atoms with Crippen LogP contribution in [0.3, 0.4) is 0 Å². The summed E-state index contributed by atoms with van der Waals surface area (Å²) < 4.78 is 15.6. The van der Waals surface area contributed by atoms with Crippen LogP contribution in [0.15, 0.2) is 22.6 Å². The first-order valence-electron chi connectivity index (χ1n) is 6.11. The largest absolute Gasteiger partial charge is 0.475 e. The van der Waals surface area contributed by atoms with Gasteiger partial charge in [-0.05, 0) is 23.3 Å². The first-order chi connectivity index (χ1) is 9.69. The molecule has 1 aromatic carbocycles. The van der Waals surface area contributed by atoms with Crippen LogP contribution in [0.25, 0.3) is 11.5 Å². The Morgan fingerprint density at radius 3 is 2.95 bits per heavy atom. The van der Waals surface area contributed by atoms with Crippen molar-refractivity contribution in [2.75, 3.05) is 7.11 Å². The van der Waals surface area contributed by atoms with Gasteiger partial charge in [-0.25, -0.2) is 9.78 Å². The fourth-order valence-corrected chi connectivity index (χ4v) is 2.18. The van der Waals surface area contributed by atoms with E-state index in [2.05, 4.69) is 4.98 Å². The molecule has 1 aliphatic heterocycles. The van der Waals surface area contributed by atoms with Crippen LogP contribution in [0, 0.1) is 0 Å². The van der Waals surface area contributed by atoms with Crippen molar-refractivity contribution in [3.63, 3.8) is 0 Å². The Morgan fingerprint density at radius 1 is 1.40 bits per heavy atom. The van der Waals surface area contributed by atoms with Crippen LogP contribution in [0.4, 0.5) is 0 Å². The zero-order valence-corrected chi connectivity index (χ0v) is 10.9. The van der Waals surface area contributed by atoms with Gasteiger partial charge in [-0.3, -0.25) is 0 Å². The van der Waals surface area contributed by atoms with Gasteiger partial charge in [-0.1, -0.05) is 6.07 Å². The number of fused-ring (bicyclic) bond motifs is 1. The summed E-state index contributed by atoms with van der Waals surface area (Å²) in [5, 5.41) is 9.10. The molecular weight excluding hydrogens is 262 g/mol. The highest BCUT2D eigenvalue weighted by Gasteiger charge is 2.21. The second-order valence-corrected chi connectivity index (χ2v) is 4.51. The molecule has 1 aliphatic rings. The summed E-state index contributed by atoms with van der Waals surface area (Å²) in [5.74, 6) is -1.05.